The van der Waals surface area contributed by atoms with Gasteiger partial charge in [0, 0.05) is 29.2 Å². The molecule has 1 heterocycles. The first-order valence-electron chi connectivity index (χ1n) is 7.97. The Kier molecular flexibility index (Phi) is 6.71. The van der Waals surface area contributed by atoms with Crippen LogP contribution in [0.5, 0.6) is 0 Å². The number of nitrogens with one attached hydrogen (secondary N) is 1. The fourth-order valence-electron chi connectivity index (χ4n) is 2.23. The topological polar surface area (TPSA) is 55.1 Å². The molecule has 0 radical (unpaired) electrons. The Bertz CT molecular complexity index is 620. The largest absolute Gasteiger partial charge is 0.361 e. The highest BCUT2D eigenvalue weighted by Crippen LogP contribution is 2.22. The average molecular weight is 332 g/mol. The quantitative estimate of drug-likeness (QED) is 0.590. The van der Waals surface area contributed by atoms with E-state index in [1.165, 1.54) is 4.90 Å². The number of rotatable bonds is 8. The molecule has 1 amide bonds. The van der Waals surface area contributed by atoms with Gasteiger partial charge in [0.2, 0.25) is 5.91 Å². The smallest absolute Gasteiger partial charge is 0.224 e. The van der Waals surface area contributed by atoms with Gasteiger partial charge < -0.3 is 9.84 Å². The first-order chi connectivity index (χ1) is 11.0. The summed E-state index contributed by atoms with van der Waals surface area (Å²) in [6.07, 6.45) is 2.07. The van der Waals surface area contributed by atoms with Gasteiger partial charge in [-0.2, -0.15) is 0 Å². The molecule has 2 aromatic rings. The van der Waals surface area contributed by atoms with Gasteiger partial charge in [0.05, 0.1) is 12.1 Å². The Morgan fingerprint density at radius 1 is 1.30 bits per heavy atom. The molecule has 0 saturated carbocycles. The highest BCUT2D eigenvalue weighted by molar-refractivity contribution is 7.99. The van der Waals surface area contributed by atoms with Crippen molar-refractivity contribution in [3.63, 3.8) is 0 Å². The van der Waals surface area contributed by atoms with Gasteiger partial charge in [-0.15, -0.1) is 11.8 Å². The number of aromatic nitrogens is 1. The van der Waals surface area contributed by atoms with E-state index in [4.69, 9.17) is 4.52 Å². The minimum Gasteiger partial charge on any atom is -0.361 e. The summed E-state index contributed by atoms with van der Waals surface area (Å²) in [6, 6.07) is 10.2. The lowest BCUT2D eigenvalue weighted by Crippen LogP contribution is -2.26. The van der Waals surface area contributed by atoms with E-state index in [-0.39, 0.29) is 5.91 Å². The van der Waals surface area contributed by atoms with Crippen LogP contribution in [0.2, 0.25) is 0 Å². The van der Waals surface area contributed by atoms with Crippen molar-refractivity contribution in [1.29, 1.82) is 0 Å². The van der Waals surface area contributed by atoms with E-state index in [0.717, 1.165) is 29.9 Å². The van der Waals surface area contributed by atoms with Crippen molar-refractivity contribution in [3.8, 4) is 0 Å². The van der Waals surface area contributed by atoms with Crippen molar-refractivity contribution in [1.82, 2.24) is 10.5 Å². The molecule has 0 fully saturated rings. The standard InChI is InChI=1S/C18H24N2O2S/c1-13(2)23-17-8-6-15(7-9-17)12-18(21)19-10-4-5-16-11-14(3)20-22-16/h6-9,11,13H,4-5,10,12H2,1-3H3,(H,19,21). The predicted molar refractivity (Wildman–Crippen MR) is 93.7 cm³/mol. The molecule has 0 spiro atoms. The molecule has 0 aliphatic carbocycles. The highest BCUT2D eigenvalue weighted by atomic mass is 32.2. The van der Waals surface area contributed by atoms with E-state index in [1.807, 2.05) is 36.9 Å². The molecule has 4 nitrogen and oxygen atoms in total. The lowest BCUT2D eigenvalue weighted by Gasteiger charge is -2.07. The van der Waals surface area contributed by atoms with Gasteiger partial charge in [0.1, 0.15) is 5.76 Å². The molecule has 0 bridgehead atoms. The van der Waals surface area contributed by atoms with Crippen LogP contribution in [-0.2, 0) is 17.6 Å². The number of nitrogens with zero attached hydrogens (tertiary/aromatic N) is 1. The average Bonchev–Trinajstić information content (AvgIpc) is 2.91. The molecular formula is C18H24N2O2S. The molecule has 1 aromatic heterocycles. The van der Waals surface area contributed by atoms with Crippen molar-refractivity contribution in [3.05, 3.63) is 47.3 Å². The Balaban J connectivity index is 1.68. The molecule has 124 valence electrons. The van der Waals surface area contributed by atoms with Crippen LogP contribution < -0.4 is 5.32 Å². The van der Waals surface area contributed by atoms with E-state index < -0.39 is 0 Å². The predicted octanol–water partition coefficient (Wildman–Crippen LogP) is 3.78. The van der Waals surface area contributed by atoms with Gasteiger partial charge in [-0.05, 0) is 31.0 Å². The maximum atomic E-state index is 11.9. The number of thioether (sulfide) groups is 1. The summed E-state index contributed by atoms with van der Waals surface area (Å²) in [4.78, 5) is 13.2. The van der Waals surface area contributed by atoms with Gasteiger partial charge in [0.15, 0.2) is 0 Å². The van der Waals surface area contributed by atoms with E-state index >= 15 is 0 Å². The zero-order valence-electron chi connectivity index (χ0n) is 14.0. The molecule has 0 unspecified atom stereocenters. The number of benzene rings is 1. The minimum absolute atomic E-state index is 0.0583. The summed E-state index contributed by atoms with van der Waals surface area (Å²) < 4.78 is 5.14. The third-order valence-corrected chi connectivity index (χ3v) is 4.27. The Labute approximate surface area is 142 Å². The summed E-state index contributed by atoms with van der Waals surface area (Å²) in [5.74, 6) is 0.929. The van der Waals surface area contributed by atoms with Crippen molar-refractivity contribution in [2.24, 2.45) is 0 Å². The minimum atomic E-state index is 0.0583. The summed E-state index contributed by atoms with van der Waals surface area (Å²) in [7, 11) is 0. The Morgan fingerprint density at radius 3 is 2.65 bits per heavy atom. The van der Waals surface area contributed by atoms with Gasteiger partial charge in [0.25, 0.3) is 0 Å². The summed E-state index contributed by atoms with van der Waals surface area (Å²) in [5.41, 5.74) is 1.93. The summed E-state index contributed by atoms with van der Waals surface area (Å²) in [6.45, 7) is 6.90. The lowest BCUT2D eigenvalue weighted by molar-refractivity contribution is -0.120. The summed E-state index contributed by atoms with van der Waals surface area (Å²) >= 11 is 1.83. The first-order valence-corrected chi connectivity index (χ1v) is 8.85. The van der Waals surface area contributed by atoms with Gasteiger partial charge in [-0.3, -0.25) is 4.79 Å². The van der Waals surface area contributed by atoms with Crippen LogP contribution in [0.25, 0.3) is 0 Å². The monoisotopic (exact) mass is 332 g/mol. The van der Waals surface area contributed by atoms with E-state index in [9.17, 15) is 4.79 Å². The van der Waals surface area contributed by atoms with Crippen LogP contribution in [0.4, 0.5) is 0 Å². The SMILES string of the molecule is Cc1cc(CCCNC(=O)Cc2ccc(SC(C)C)cc2)on1. The van der Waals surface area contributed by atoms with Crippen LogP contribution in [0.3, 0.4) is 0 Å². The van der Waals surface area contributed by atoms with E-state index in [0.29, 0.717) is 18.2 Å². The third-order valence-electron chi connectivity index (χ3n) is 3.26. The number of amides is 1. The molecule has 23 heavy (non-hydrogen) atoms. The molecule has 1 N–H and O–H groups in total. The number of carbonyl (C=O) groups is 1. The second kappa shape index (κ2) is 8.77. The fraction of sp³-hybridized carbons (Fsp3) is 0.444. The van der Waals surface area contributed by atoms with Gasteiger partial charge >= 0.3 is 0 Å². The fourth-order valence-corrected chi connectivity index (χ4v) is 3.07. The number of carbonyl (C=O) groups excluding carboxylic acids is 1. The lowest BCUT2D eigenvalue weighted by atomic mass is 10.1. The number of aryl methyl sites for hydroxylation is 2. The zero-order valence-corrected chi connectivity index (χ0v) is 14.8. The van der Waals surface area contributed by atoms with Crippen LogP contribution in [0.1, 0.15) is 37.3 Å². The first kappa shape index (κ1) is 17.6. The molecular weight excluding hydrogens is 308 g/mol. The molecule has 0 atom stereocenters. The molecule has 0 aliphatic heterocycles. The maximum Gasteiger partial charge on any atom is 0.224 e. The highest BCUT2D eigenvalue weighted by Gasteiger charge is 2.05. The van der Waals surface area contributed by atoms with Crippen molar-refractivity contribution in [2.75, 3.05) is 6.54 Å². The van der Waals surface area contributed by atoms with E-state index in [1.54, 1.807) is 0 Å². The van der Waals surface area contributed by atoms with Crippen molar-refractivity contribution < 1.29 is 9.32 Å². The summed E-state index contributed by atoms with van der Waals surface area (Å²) in [5, 5.41) is 7.36. The van der Waals surface area contributed by atoms with Crippen LogP contribution in [0, 0.1) is 6.92 Å². The molecule has 0 aliphatic rings. The number of hydrogen-bond acceptors (Lipinski definition) is 4. The van der Waals surface area contributed by atoms with Crippen LogP contribution in [-0.4, -0.2) is 22.9 Å². The molecule has 5 heteroatoms. The second-order valence-electron chi connectivity index (χ2n) is 5.88. The van der Waals surface area contributed by atoms with Crippen LogP contribution in [0.15, 0.2) is 39.8 Å². The number of hydrogen-bond donors (Lipinski definition) is 1. The normalized spacial score (nSPS) is 11.0. The van der Waals surface area contributed by atoms with Gasteiger partial charge in [-0.1, -0.05) is 31.1 Å². The molecule has 1 aromatic carbocycles. The van der Waals surface area contributed by atoms with Crippen LogP contribution >= 0.6 is 11.8 Å². The van der Waals surface area contributed by atoms with Crippen molar-refractivity contribution in [2.45, 2.75) is 50.2 Å². The third kappa shape index (κ3) is 6.48. The second-order valence-corrected chi connectivity index (χ2v) is 7.53. The van der Waals surface area contributed by atoms with Crippen molar-refractivity contribution >= 4 is 17.7 Å². The molecule has 2 rings (SSSR count). The Morgan fingerprint density at radius 2 is 2.04 bits per heavy atom. The molecule has 0 saturated heterocycles. The van der Waals surface area contributed by atoms with Gasteiger partial charge in [-0.25, -0.2) is 0 Å². The van der Waals surface area contributed by atoms with E-state index in [2.05, 4.69) is 36.5 Å². The Hall–Kier alpha value is -1.75. The zero-order chi connectivity index (χ0) is 16.7. The maximum absolute atomic E-state index is 11.9.